The molecule has 1 fully saturated rings. The van der Waals surface area contributed by atoms with Gasteiger partial charge >= 0.3 is 0 Å². The fourth-order valence-corrected chi connectivity index (χ4v) is 5.31. The van der Waals surface area contributed by atoms with Crippen molar-refractivity contribution in [1.82, 2.24) is 9.97 Å². The first kappa shape index (κ1) is 27.4. The van der Waals surface area contributed by atoms with E-state index in [0.717, 1.165) is 18.4 Å². The van der Waals surface area contributed by atoms with E-state index >= 15 is 0 Å². The monoisotopic (exact) mass is 541 g/mol. The molecule has 0 saturated carbocycles. The van der Waals surface area contributed by atoms with Crippen LogP contribution in [0, 0.1) is 6.92 Å². The Balaban J connectivity index is 1.49. The quantitative estimate of drug-likeness (QED) is 0.377. The summed E-state index contributed by atoms with van der Waals surface area (Å²) in [5.41, 5.74) is 6.99. The Morgan fingerprint density at radius 3 is 2.34 bits per heavy atom. The minimum absolute atomic E-state index is 0.0418. The number of methoxy groups -OCH3 is 2. The smallest absolute Gasteiger partial charge is 0.289 e. The Bertz CT molecular complexity index is 1230. The van der Waals surface area contributed by atoms with E-state index in [1.54, 1.807) is 0 Å². The highest BCUT2D eigenvalue weighted by atomic mass is 28.3. The van der Waals surface area contributed by atoms with E-state index in [0.29, 0.717) is 24.8 Å². The Labute approximate surface area is 223 Å². The number of ketones is 1. The van der Waals surface area contributed by atoms with E-state index in [1.165, 1.54) is 25.5 Å². The van der Waals surface area contributed by atoms with Crippen LogP contribution in [0.2, 0.25) is 19.6 Å². The van der Waals surface area contributed by atoms with Gasteiger partial charge in [0, 0.05) is 19.1 Å². The second-order valence-electron chi connectivity index (χ2n) is 10.4. The molecule has 1 atom stereocenters. The number of carbonyl (C=O) groups excluding carboxylic acids is 2. The number of aromatic nitrogens is 2. The van der Waals surface area contributed by atoms with Crippen molar-refractivity contribution in [3.05, 3.63) is 35.8 Å². The summed E-state index contributed by atoms with van der Waals surface area (Å²) in [5.74, 6) is -0.126. The van der Waals surface area contributed by atoms with Crippen molar-refractivity contribution in [2.75, 3.05) is 37.5 Å². The van der Waals surface area contributed by atoms with Crippen molar-refractivity contribution < 1.29 is 28.5 Å². The fraction of sp³-hybridized carbons (Fsp3) is 0.462. The first-order chi connectivity index (χ1) is 18.0. The zero-order chi connectivity index (χ0) is 27.6. The van der Waals surface area contributed by atoms with Gasteiger partial charge in [0.25, 0.3) is 11.9 Å². The van der Waals surface area contributed by atoms with E-state index < -0.39 is 25.9 Å². The van der Waals surface area contributed by atoms with E-state index in [9.17, 15) is 9.59 Å². The molecule has 204 valence electrons. The maximum Gasteiger partial charge on any atom is 0.289 e. The van der Waals surface area contributed by atoms with Crippen LogP contribution in [0.5, 0.6) is 17.5 Å². The van der Waals surface area contributed by atoms with Gasteiger partial charge in [0.1, 0.15) is 5.75 Å². The number of nitrogens with zero attached hydrogens (tertiary/aromatic N) is 3. The summed E-state index contributed by atoms with van der Waals surface area (Å²) in [4.78, 5) is 36.7. The zero-order valence-electron chi connectivity index (χ0n) is 22.7. The molecule has 4 rings (SSSR count). The molecule has 1 aromatic carbocycles. The van der Waals surface area contributed by atoms with E-state index in [-0.39, 0.29) is 29.4 Å². The molecule has 3 heterocycles. The van der Waals surface area contributed by atoms with Crippen LogP contribution in [0.4, 0.5) is 11.6 Å². The molecule has 2 aliphatic heterocycles. The molecule has 38 heavy (non-hydrogen) atoms. The van der Waals surface area contributed by atoms with Gasteiger partial charge in [-0.3, -0.25) is 9.59 Å². The largest absolute Gasteiger partial charge is 0.479 e. The van der Waals surface area contributed by atoms with Crippen molar-refractivity contribution in [1.29, 1.82) is 0 Å². The molecule has 3 N–H and O–H groups in total. The van der Waals surface area contributed by atoms with Gasteiger partial charge in [-0.15, -0.1) is 0 Å². The normalized spacial score (nSPS) is 18.1. The van der Waals surface area contributed by atoms with Gasteiger partial charge in [-0.05, 0) is 31.4 Å². The van der Waals surface area contributed by atoms with Crippen molar-refractivity contribution in [2.24, 2.45) is 5.73 Å². The lowest BCUT2D eigenvalue weighted by molar-refractivity contribution is -0.134. The van der Waals surface area contributed by atoms with Crippen molar-refractivity contribution in [3.8, 4) is 17.5 Å². The zero-order valence-corrected chi connectivity index (χ0v) is 23.7. The average Bonchev–Trinajstić information content (AvgIpc) is 3.25. The minimum atomic E-state index is -1.58. The Hall–Kier alpha value is -3.64. The number of nitrogens with two attached hydrogens (primary N) is 1. The van der Waals surface area contributed by atoms with Gasteiger partial charge < -0.3 is 34.9 Å². The lowest BCUT2D eigenvalue weighted by Crippen LogP contribution is -2.40. The fourth-order valence-electron chi connectivity index (χ4n) is 4.16. The highest BCUT2D eigenvalue weighted by Crippen LogP contribution is 2.35. The number of aryl methyl sites for hydroxylation is 1. The third-order valence-corrected chi connectivity index (χ3v) is 8.59. The Morgan fingerprint density at radius 2 is 1.76 bits per heavy atom. The van der Waals surface area contributed by atoms with Crippen molar-refractivity contribution in [3.63, 3.8) is 0 Å². The molecule has 1 unspecified atom stereocenters. The third kappa shape index (κ3) is 5.91. The number of benzene rings is 1. The standard InChI is InChI=1S/C26H35N5O6Si/c1-15-7-8-17(38(4,5)6)13-19(15)36-20-14-18(32)22(37-20)23(33)28-21-24(34-2)29-26(30-25(21)35-3)31-11-9-16(27)10-12-31/h7-8,13-14,16,22H,9-12,27H2,1-6H3,(H,28,33). The molecular formula is C26H35N5O6Si. The first-order valence-electron chi connectivity index (χ1n) is 12.5. The molecule has 0 bridgehead atoms. The number of rotatable bonds is 8. The average molecular weight is 542 g/mol. The first-order valence-corrected chi connectivity index (χ1v) is 16.0. The number of amides is 1. The Kier molecular flexibility index (Phi) is 7.93. The van der Waals surface area contributed by atoms with Crippen LogP contribution >= 0.6 is 0 Å². The van der Waals surface area contributed by atoms with Gasteiger partial charge in [0.15, 0.2) is 5.69 Å². The number of hydrogen-bond acceptors (Lipinski definition) is 10. The number of anilines is 2. The van der Waals surface area contributed by atoms with Crippen LogP contribution in [-0.2, 0) is 14.3 Å². The van der Waals surface area contributed by atoms with Gasteiger partial charge in [-0.1, -0.05) is 37.0 Å². The van der Waals surface area contributed by atoms with E-state index in [4.69, 9.17) is 24.7 Å². The highest BCUT2D eigenvalue weighted by molar-refractivity contribution is 6.88. The number of carbonyl (C=O) groups is 2. The van der Waals surface area contributed by atoms with Crippen LogP contribution < -0.4 is 35.3 Å². The molecule has 1 saturated heterocycles. The minimum Gasteiger partial charge on any atom is -0.479 e. The maximum absolute atomic E-state index is 13.1. The molecule has 0 radical (unpaired) electrons. The summed E-state index contributed by atoms with van der Waals surface area (Å²) in [6.45, 7) is 9.99. The topological polar surface area (TPSA) is 138 Å². The summed E-state index contributed by atoms with van der Waals surface area (Å²) < 4.78 is 22.4. The van der Waals surface area contributed by atoms with Crippen molar-refractivity contribution >= 4 is 36.6 Å². The Morgan fingerprint density at radius 1 is 1.13 bits per heavy atom. The number of nitrogens with one attached hydrogen (secondary N) is 1. The van der Waals surface area contributed by atoms with Crippen LogP contribution in [0.1, 0.15) is 18.4 Å². The molecule has 0 aliphatic carbocycles. The molecule has 2 aromatic rings. The summed E-state index contributed by atoms with van der Waals surface area (Å²) in [7, 11) is 1.27. The van der Waals surface area contributed by atoms with Crippen LogP contribution in [-0.4, -0.2) is 69.2 Å². The van der Waals surface area contributed by atoms with Gasteiger partial charge in [-0.25, -0.2) is 0 Å². The number of hydrogen-bond donors (Lipinski definition) is 2. The molecular weight excluding hydrogens is 506 g/mol. The van der Waals surface area contributed by atoms with E-state index in [2.05, 4.69) is 41.0 Å². The van der Waals surface area contributed by atoms with Crippen molar-refractivity contribution in [2.45, 2.75) is 51.6 Å². The number of piperidine rings is 1. The third-order valence-electron chi connectivity index (χ3n) is 6.54. The van der Waals surface area contributed by atoms with Crippen LogP contribution in [0.3, 0.4) is 0 Å². The lowest BCUT2D eigenvalue weighted by Gasteiger charge is -2.30. The van der Waals surface area contributed by atoms with Gasteiger partial charge in [0.2, 0.25) is 29.6 Å². The van der Waals surface area contributed by atoms with Gasteiger partial charge in [-0.2, -0.15) is 9.97 Å². The van der Waals surface area contributed by atoms with Crippen LogP contribution in [0.15, 0.2) is 30.2 Å². The highest BCUT2D eigenvalue weighted by Gasteiger charge is 2.37. The molecule has 11 nitrogen and oxygen atoms in total. The lowest BCUT2D eigenvalue weighted by atomic mass is 10.1. The second-order valence-corrected chi connectivity index (χ2v) is 15.5. The molecule has 2 aliphatic rings. The van der Waals surface area contributed by atoms with Crippen LogP contribution in [0.25, 0.3) is 0 Å². The van der Waals surface area contributed by atoms with Gasteiger partial charge in [0.05, 0.1) is 28.4 Å². The number of ether oxygens (including phenoxy) is 4. The molecule has 1 aromatic heterocycles. The summed E-state index contributed by atoms with van der Waals surface area (Å²) >= 11 is 0. The second kappa shape index (κ2) is 11.0. The predicted molar refractivity (Wildman–Crippen MR) is 146 cm³/mol. The molecule has 0 spiro atoms. The maximum atomic E-state index is 13.1. The predicted octanol–water partition coefficient (Wildman–Crippen LogP) is 2.10. The summed E-state index contributed by atoms with van der Waals surface area (Å²) in [6, 6.07) is 6.18. The van der Waals surface area contributed by atoms with E-state index in [1.807, 2.05) is 24.0 Å². The SMILES string of the molecule is COc1nc(N2CCC(N)CC2)nc(OC)c1NC(=O)C1OC(Oc2cc([Si](C)(C)C)ccc2C)=CC1=O. The molecule has 1 amide bonds. The summed E-state index contributed by atoms with van der Waals surface area (Å²) in [6.07, 6.45) is 1.36. The summed E-state index contributed by atoms with van der Waals surface area (Å²) in [5, 5.41) is 3.83. The molecule has 12 heteroatoms.